The maximum absolute atomic E-state index is 5.55. The van der Waals surface area contributed by atoms with E-state index in [0.29, 0.717) is 0 Å². The Bertz CT molecular complexity index is 805. The van der Waals surface area contributed by atoms with Crippen molar-refractivity contribution >= 4 is 11.0 Å². The molecule has 1 aromatic heterocycles. The third-order valence-electron chi connectivity index (χ3n) is 3.68. The highest BCUT2D eigenvalue weighted by molar-refractivity contribution is 5.74. The molecule has 3 rings (SSSR count). The van der Waals surface area contributed by atoms with E-state index in [1.165, 1.54) is 11.1 Å². The molecule has 21 heavy (non-hydrogen) atoms. The topological polar surface area (TPSA) is 39.9 Å². The van der Waals surface area contributed by atoms with Crippen LogP contribution < -0.4 is 4.74 Å². The molecule has 2 aromatic carbocycles. The summed E-state index contributed by atoms with van der Waals surface area (Å²) >= 11 is 0. The summed E-state index contributed by atoms with van der Waals surface area (Å²) < 4.78 is 5.55. The predicted octanol–water partition coefficient (Wildman–Crippen LogP) is 3.61. The number of hydrogen-bond acceptors (Lipinski definition) is 3. The van der Waals surface area contributed by atoms with Crippen LogP contribution in [0, 0.1) is 13.8 Å². The van der Waals surface area contributed by atoms with Gasteiger partial charge in [-0.25, -0.2) is 0 Å². The van der Waals surface area contributed by atoms with Crippen LogP contribution in [-0.2, 0) is 6.42 Å². The van der Waals surface area contributed by atoms with E-state index >= 15 is 0 Å². The second-order valence-corrected chi connectivity index (χ2v) is 5.30. The van der Waals surface area contributed by atoms with E-state index in [1.807, 2.05) is 18.2 Å². The maximum atomic E-state index is 5.55. The monoisotopic (exact) mass is 281 g/mol. The maximum Gasteiger partial charge on any atom is 0.149 e. The van der Waals surface area contributed by atoms with Crippen LogP contribution in [0.3, 0.4) is 0 Å². The molecular weight excluding hydrogens is 262 g/mol. The van der Waals surface area contributed by atoms with Crippen molar-refractivity contribution in [2.75, 3.05) is 7.11 Å². The predicted molar refractivity (Wildman–Crippen MR) is 84.3 cm³/mol. The highest BCUT2D eigenvalue weighted by Crippen LogP contribution is 2.28. The fourth-order valence-corrected chi connectivity index (χ4v) is 2.58. The summed E-state index contributed by atoms with van der Waals surface area (Å²) in [4.78, 5) is 1.68. The minimum absolute atomic E-state index is 0.823. The molecule has 0 radical (unpaired) electrons. The Morgan fingerprint density at radius 2 is 1.81 bits per heavy atom. The molecular formula is C17H19N3O. The highest BCUT2D eigenvalue weighted by Gasteiger charge is 2.13. The average molecular weight is 281 g/mol. The van der Waals surface area contributed by atoms with Crippen LogP contribution in [0.2, 0.25) is 0 Å². The number of ether oxygens (including phenoxy) is 1. The lowest BCUT2D eigenvalue weighted by Crippen LogP contribution is -2.04. The summed E-state index contributed by atoms with van der Waals surface area (Å²) in [5, 5.41) is 9.17. The van der Waals surface area contributed by atoms with Crippen LogP contribution in [0.5, 0.6) is 5.75 Å². The van der Waals surface area contributed by atoms with Gasteiger partial charge in [-0.1, -0.05) is 19.1 Å². The summed E-state index contributed by atoms with van der Waals surface area (Å²) in [5.74, 6) is 0.823. The van der Waals surface area contributed by atoms with E-state index < -0.39 is 0 Å². The molecule has 4 nitrogen and oxygen atoms in total. The van der Waals surface area contributed by atoms with E-state index in [1.54, 1.807) is 11.9 Å². The van der Waals surface area contributed by atoms with E-state index in [0.717, 1.165) is 34.5 Å². The van der Waals surface area contributed by atoms with Crippen molar-refractivity contribution in [1.29, 1.82) is 0 Å². The molecule has 1 heterocycles. The van der Waals surface area contributed by atoms with Crippen LogP contribution in [0.1, 0.15) is 23.6 Å². The molecule has 0 unspecified atom stereocenters. The minimum atomic E-state index is 0.823. The van der Waals surface area contributed by atoms with Gasteiger partial charge in [-0.2, -0.15) is 0 Å². The first kappa shape index (κ1) is 13.6. The molecule has 0 aliphatic rings. The Balaban J connectivity index is 2.23. The van der Waals surface area contributed by atoms with Crippen LogP contribution >= 0.6 is 0 Å². The Hall–Kier alpha value is -2.36. The fourth-order valence-electron chi connectivity index (χ4n) is 2.58. The zero-order valence-corrected chi connectivity index (χ0v) is 12.8. The normalized spacial score (nSPS) is 11.0. The van der Waals surface area contributed by atoms with Gasteiger partial charge in [0.1, 0.15) is 22.5 Å². The van der Waals surface area contributed by atoms with E-state index in [9.17, 15) is 0 Å². The highest BCUT2D eigenvalue weighted by atomic mass is 16.5. The molecule has 0 amide bonds. The van der Waals surface area contributed by atoms with Crippen molar-refractivity contribution in [3.63, 3.8) is 0 Å². The van der Waals surface area contributed by atoms with E-state index in [-0.39, 0.29) is 0 Å². The van der Waals surface area contributed by atoms with Crippen molar-refractivity contribution in [1.82, 2.24) is 15.0 Å². The van der Waals surface area contributed by atoms with Crippen molar-refractivity contribution in [3.8, 4) is 11.4 Å². The van der Waals surface area contributed by atoms with E-state index in [4.69, 9.17) is 4.74 Å². The first-order chi connectivity index (χ1) is 10.1. The summed E-state index contributed by atoms with van der Waals surface area (Å²) in [7, 11) is 1.69. The summed E-state index contributed by atoms with van der Waals surface area (Å²) in [6.07, 6.45) is 0.970. The lowest BCUT2D eigenvalue weighted by Gasteiger charge is -2.12. The Morgan fingerprint density at radius 1 is 1.05 bits per heavy atom. The van der Waals surface area contributed by atoms with Gasteiger partial charge in [-0.05, 0) is 55.2 Å². The molecule has 0 N–H and O–H groups in total. The third-order valence-corrected chi connectivity index (χ3v) is 3.68. The van der Waals surface area contributed by atoms with Gasteiger partial charge >= 0.3 is 0 Å². The Kier molecular flexibility index (Phi) is 3.37. The smallest absolute Gasteiger partial charge is 0.149 e. The minimum Gasteiger partial charge on any atom is -0.494 e. The molecule has 108 valence electrons. The zero-order chi connectivity index (χ0) is 15.0. The second-order valence-electron chi connectivity index (χ2n) is 5.30. The number of hydrogen-bond donors (Lipinski definition) is 0. The molecule has 4 heteroatoms. The van der Waals surface area contributed by atoms with Gasteiger partial charge in [0.15, 0.2) is 0 Å². The van der Waals surface area contributed by atoms with Crippen LogP contribution in [0.15, 0.2) is 30.3 Å². The standard InChI is InChI=1S/C17H19N3O/c1-5-13-9-12(3)17(21-4)16(10-13)20-18-14-7-6-11(2)8-15(14)19-20/h6-10H,5H2,1-4H3. The molecule has 0 saturated carbocycles. The first-order valence-corrected chi connectivity index (χ1v) is 7.14. The van der Waals surface area contributed by atoms with Gasteiger partial charge in [0.25, 0.3) is 0 Å². The molecule has 0 aliphatic heterocycles. The number of aromatic nitrogens is 3. The van der Waals surface area contributed by atoms with Crippen molar-refractivity contribution in [3.05, 3.63) is 47.0 Å². The number of rotatable bonds is 3. The van der Waals surface area contributed by atoms with Crippen LogP contribution in [0.25, 0.3) is 16.7 Å². The Morgan fingerprint density at radius 3 is 2.52 bits per heavy atom. The van der Waals surface area contributed by atoms with Crippen molar-refractivity contribution in [2.45, 2.75) is 27.2 Å². The van der Waals surface area contributed by atoms with Crippen molar-refractivity contribution in [2.24, 2.45) is 0 Å². The third kappa shape index (κ3) is 2.37. The van der Waals surface area contributed by atoms with Crippen LogP contribution in [0.4, 0.5) is 0 Å². The van der Waals surface area contributed by atoms with Crippen molar-refractivity contribution < 1.29 is 4.74 Å². The molecule has 0 bridgehead atoms. The number of fused-ring (bicyclic) bond motifs is 1. The number of aryl methyl sites for hydroxylation is 3. The summed E-state index contributed by atoms with van der Waals surface area (Å²) in [6.45, 7) is 6.25. The molecule has 0 saturated heterocycles. The quantitative estimate of drug-likeness (QED) is 0.736. The summed E-state index contributed by atoms with van der Waals surface area (Å²) in [6, 6.07) is 10.3. The summed E-state index contributed by atoms with van der Waals surface area (Å²) in [5.41, 5.74) is 6.22. The number of methoxy groups -OCH3 is 1. The van der Waals surface area contributed by atoms with Gasteiger partial charge in [-0.3, -0.25) is 0 Å². The number of nitrogens with zero attached hydrogens (tertiary/aromatic N) is 3. The zero-order valence-electron chi connectivity index (χ0n) is 12.8. The van der Waals surface area contributed by atoms with Gasteiger partial charge < -0.3 is 4.74 Å². The van der Waals surface area contributed by atoms with E-state index in [2.05, 4.69) is 43.1 Å². The lowest BCUT2D eigenvalue weighted by molar-refractivity contribution is 0.407. The second kappa shape index (κ2) is 5.20. The molecule has 0 aliphatic carbocycles. The molecule has 0 spiro atoms. The molecule has 3 aromatic rings. The van der Waals surface area contributed by atoms with Crippen LogP contribution in [-0.4, -0.2) is 22.1 Å². The van der Waals surface area contributed by atoms with Gasteiger partial charge in [-0.15, -0.1) is 15.0 Å². The lowest BCUT2D eigenvalue weighted by atomic mass is 10.1. The van der Waals surface area contributed by atoms with Gasteiger partial charge in [0, 0.05) is 0 Å². The van der Waals surface area contributed by atoms with Gasteiger partial charge in [0.2, 0.25) is 0 Å². The number of benzene rings is 2. The first-order valence-electron chi connectivity index (χ1n) is 7.14. The Labute approximate surface area is 124 Å². The van der Waals surface area contributed by atoms with Gasteiger partial charge in [0.05, 0.1) is 7.11 Å². The fraction of sp³-hybridized carbons (Fsp3) is 0.294. The molecule has 0 fully saturated rings. The SMILES string of the molecule is CCc1cc(C)c(OC)c(-n2nc3ccc(C)cc3n2)c1. The molecule has 0 atom stereocenters. The largest absolute Gasteiger partial charge is 0.494 e. The average Bonchev–Trinajstić information content (AvgIpc) is 2.89.